The molecule has 1 aliphatic rings. The van der Waals surface area contributed by atoms with Crippen LogP contribution in [0.3, 0.4) is 0 Å². The molecule has 4 aromatic rings. The van der Waals surface area contributed by atoms with Gasteiger partial charge in [-0.25, -0.2) is 0 Å². The summed E-state index contributed by atoms with van der Waals surface area (Å²) >= 11 is 6.37. The van der Waals surface area contributed by atoms with Crippen molar-refractivity contribution in [3.63, 3.8) is 0 Å². The van der Waals surface area contributed by atoms with Crippen LogP contribution in [0.5, 0.6) is 11.5 Å². The van der Waals surface area contributed by atoms with Crippen molar-refractivity contribution < 1.29 is 18.7 Å². The number of anilines is 1. The van der Waals surface area contributed by atoms with E-state index >= 15 is 0 Å². The van der Waals surface area contributed by atoms with Gasteiger partial charge in [-0.1, -0.05) is 35.9 Å². The van der Waals surface area contributed by atoms with Gasteiger partial charge in [0.1, 0.15) is 17.1 Å². The Morgan fingerprint density at radius 3 is 2.48 bits per heavy atom. The molecule has 7 heteroatoms. The highest BCUT2D eigenvalue weighted by atomic mass is 35.5. The number of rotatable bonds is 5. The lowest BCUT2D eigenvalue weighted by Crippen LogP contribution is -2.29. The van der Waals surface area contributed by atoms with Crippen LogP contribution in [0, 0.1) is 0 Å². The maximum absolute atomic E-state index is 13.6. The van der Waals surface area contributed by atoms with Crippen molar-refractivity contribution in [3.8, 4) is 11.5 Å². The van der Waals surface area contributed by atoms with Crippen LogP contribution >= 0.6 is 11.6 Å². The highest BCUT2D eigenvalue weighted by molar-refractivity contribution is 6.32. The van der Waals surface area contributed by atoms with Gasteiger partial charge in [0, 0.05) is 5.69 Å². The van der Waals surface area contributed by atoms with Crippen LogP contribution in [0.2, 0.25) is 5.02 Å². The first kappa shape index (κ1) is 21.1. The molecule has 33 heavy (non-hydrogen) atoms. The minimum absolute atomic E-state index is 0.0320. The largest absolute Gasteiger partial charge is 0.495 e. The minimum Gasteiger partial charge on any atom is -0.495 e. The monoisotopic (exact) mass is 461 g/mol. The first-order valence-corrected chi connectivity index (χ1v) is 10.9. The summed E-state index contributed by atoms with van der Waals surface area (Å²) in [6, 6.07) is 18.7. The average Bonchev–Trinajstić information content (AvgIpc) is 3.12. The molecular formula is C26H20ClNO5. The summed E-state index contributed by atoms with van der Waals surface area (Å²) in [6.45, 7) is 2.45. The number of methoxy groups -OCH3 is 1. The van der Waals surface area contributed by atoms with Crippen LogP contribution in [0.1, 0.15) is 34.6 Å². The molecule has 1 amide bonds. The molecule has 0 fully saturated rings. The van der Waals surface area contributed by atoms with Gasteiger partial charge in [-0.3, -0.25) is 14.5 Å². The molecule has 1 atom stereocenters. The van der Waals surface area contributed by atoms with E-state index in [0.29, 0.717) is 45.3 Å². The van der Waals surface area contributed by atoms with Crippen LogP contribution < -0.4 is 19.8 Å². The Labute approximate surface area is 194 Å². The van der Waals surface area contributed by atoms with Crippen LogP contribution in [0.15, 0.2) is 75.9 Å². The SMILES string of the molecule is CCOc1ccc(C2c3c(oc4ccccc4c3=O)C(=O)N2c2ccc(OC)c(Cl)c2)cc1. The highest BCUT2D eigenvalue weighted by Crippen LogP contribution is 2.43. The first-order chi connectivity index (χ1) is 16.0. The molecule has 2 heterocycles. The van der Waals surface area contributed by atoms with E-state index < -0.39 is 11.9 Å². The minimum atomic E-state index is -0.687. The second-order valence-electron chi connectivity index (χ2n) is 7.57. The van der Waals surface area contributed by atoms with Gasteiger partial charge in [0.25, 0.3) is 5.91 Å². The van der Waals surface area contributed by atoms with Gasteiger partial charge in [0.05, 0.1) is 35.7 Å². The van der Waals surface area contributed by atoms with Crippen LogP contribution in [-0.4, -0.2) is 19.6 Å². The molecule has 1 aliphatic heterocycles. The highest BCUT2D eigenvalue weighted by Gasteiger charge is 2.43. The summed E-state index contributed by atoms with van der Waals surface area (Å²) < 4.78 is 16.8. The lowest BCUT2D eigenvalue weighted by molar-refractivity contribution is 0.0971. The quantitative estimate of drug-likeness (QED) is 0.386. The van der Waals surface area contributed by atoms with Gasteiger partial charge in [-0.2, -0.15) is 0 Å². The van der Waals surface area contributed by atoms with E-state index in [1.54, 1.807) is 42.5 Å². The van der Waals surface area contributed by atoms with Crippen molar-refractivity contribution in [2.45, 2.75) is 13.0 Å². The predicted molar refractivity (Wildman–Crippen MR) is 127 cm³/mol. The number of nitrogens with zero attached hydrogens (tertiary/aromatic N) is 1. The van der Waals surface area contributed by atoms with Crippen LogP contribution in [0.4, 0.5) is 5.69 Å². The number of hydrogen-bond donors (Lipinski definition) is 0. The Balaban J connectivity index is 1.74. The fraction of sp³-hybridized carbons (Fsp3) is 0.154. The topological polar surface area (TPSA) is 69.0 Å². The Morgan fingerprint density at radius 2 is 1.79 bits per heavy atom. The van der Waals surface area contributed by atoms with Crippen molar-refractivity contribution in [1.82, 2.24) is 0 Å². The molecular weight excluding hydrogens is 442 g/mol. The predicted octanol–water partition coefficient (Wildman–Crippen LogP) is 5.60. The van der Waals surface area contributed by atoms with Crippen LogP contribution in [-0.2, 0) is 0 Å². The Morgan fingerprint density at radius 1 is 1.03 bits per heavy atom. The lowest BCUT2D eigenvalue weighted by atomic mass is 9.98. The zero-order valence-electron chi connectivity index (χ0n) is 18.0. The number of halogens is 1. The van der Waals surface area contributed by atoms with Crippen molar-refractivity contribution >= 4 is 34.2 Å². The third kappa shape index (κ3) is 3.43. The van der Waals surface area contributed by atoms with E-state index in [9.17, 15) is 9.59 Å². The normalized spacial score (nSPS) is 15.1. The van der Waals surface area contributed by atoms with Gasteiger partial charge >= 0.3 is 0 Å². The van der Waals surface area contributed by atoms with E-state index in [1.165, 1.54) is 12.0 Å². The van der Waals surface area contributed by atoms with Gasteiger partial charge in [-0.05, 0) is 55.0 Å². The molecule has 3 aromatic carbocycles. The molecule has 5 rings (SSSR count). The molecule has 166 valence electrons. The number of carbonyl (C=O) groups is 1. The average molecular weight is 462 g/mol. The standard InChI is InChI=1S/C26H20ClNO5/c1-3-32-17-11-8-15(9-12-17)23-22-24(29)18-6-4-5-7-20(18)33-25(22)26(30)28(23)16-10-13-21(31-2)19(27)14-16/h4-14,23H,3H2,1-2H3. The zero-order valence-corrected chi connectivity index (χ0v) is 18.8. The lowest BCUT2D eigenvalue weighted by Gasteiger charge is -2.26. The van der Waals surface area contributed by atoms with Crippen molar-refractivity contribution in [2.75, 3.05) is 18.6 Å². The summed E-state index contributed by atoms with van der Waals surface area (Å²) in [5, 5.41) is 0.781. The summed E-state index contributed by atoms with van der Waals surface area (Å²) in [6.07, 6.45) is 0. The third-order valence-electron chi connectivity index (χ3n) is 5.70. The van der Waals surface area contributed by atoms with Gasteiger partial charge in [0.2, 0.25) is 5.76 Å². The van der Waals surface area contributed by atoms with E-state index in [0.717, 1.165) is 5.56 Å². The summed E-state index contributed by atoms with van der Waals surface area (Å²) in [4.78, 5) is 28.7. The molecule has 0 bridgehead atoms. The maximum atomic E-state index is 13.6. The Kier molecular flexibility index (Phi) is 5.30. The van der Waals surface area contributed by atoms with Gasteiger partial charge < -0.3 is 13.9 Å². The van der Waals surface area contributed by atoms with Crippen molar-refractivity contribution in [2.24, 2.45) is 0 Å². The number of carbonyl (C=O) groups excluding carboxylic acids is 1. The zero-order chi connectivity index (χ0) is 23.1. The number of hydrogen-bond acceptors (Lipinski definition) is 5. The molecule has 1 unspecified atom stereocenters. The van der Waals surface area contributed by atoms with Crippen LogP contribution in [0.25, 0.3) is 11.0 Å². The molecule has 6 nitrogen and oxygen atoms in total. The second kappa shape index (κ2) is 8.30. The summed E-state index contributed by atoms with van der Waals surface area (Å²) in [5.41, 5.74) is 1.71. The molecule has 0 N–H and O–H groups in total. The first-order valence-electron chi connectivity index (χ1n) is 10.5. The molecule has 1 aromatic heterocycles. The summed E-state index contributed by atoms with van der Waals surface area (Å²) in [5.74, 6) is 0.815. The fourth-order valence-electron chi connectivity index (χ4n) is 4.22. The number of ether oxygens (including phenoxy) is 2. The van der Waals surface area contributed by atoms with Gasteiger partial charge in [0.15, 0.2) is 5.43 Å². The van der Waals surface area contributed by atoms with E-state index in [1.807, 2.05) is 31.2 Å². The maximum Gasteiger partial charge on any atom is 0.295 e. The second-order valence-corrected chi connectivity index (χ2v) is 7.98. The third-order valence-corrected chi connectivity index (χ3v) is 5.99. The smallest absolute Gasteiger partial charge is 0.295 e. The van der Waals surface area contributed by atoms with E-state index in [2.05, 4.69) is 0 Å². The Bertz CT molecular complexity index is 1430. The van der Waals surface area contributed by atoms with E-state index in [-0.39, 0.29) is 11.2 Å². The fourth-order valence-corrected chi connectivity index (χ4v) is 4.47. The van der Waals surface area contributed by atoms with Crippen molar-refractivity contribution in [3.05, 3.63) is 98.9 Å². The number of amides is 1. The molecule has 0 aliphatic carbocycles. The molecule has 0 radical (unpaired) electrons. The number of benzene rings is 3. The van der Waals surface area contributed by atoms with E-state index in [4.69, 9.17) is 25.5 Å². The number of para-hydroxylation sites is 1. The Hall–Kier alpha value is -3.77. The van der Waals surface area contributed by atoms with Gasteiger partial charge in [-0.15, -0.1) is 0 Å². The number of fused-ring (bicyclic) bond motifs is 2. The molecule has 0 spiro atoms. The summed E-state index contributed by atoms with van der Waals surface area (Å²) in [7, 11) is 1.52. The molecule has 0 saturated heterocycles. The van der Waals surface area contributed by atoms with Crippen molar-refractivity contribution in [1.29, 1.82) is 0 Å². The molecule has 0 saturated carbocycles.